The van der Waals surface area contributed by atoms with Gasteiger partial charge in [0.25, 0.3) is 0 Å². The van der Waals surface area contributed by atoms with Gasteiger partial charge in [-0.25, -0.2) is 4.98 Å². The van der Waals surface area contributed by atoms with E-state index < -0.39 is 0 Å². The fourth-order valence-corrected chi connectivity index (χ4v) is 3.90. The van der Waals surface area contributed by atoms with Crippen LogP contribution in [0.5, 0.6) is 5.75 Å². The highest BCUT2D eigenvalue weighted by Gasteiger charge is 2.18. The van der Waals surface area contributed by atoms with Crippen molar-refractivity contribution in [2.75, 3.05) is 38.3 Å². The molecule has 1 saturated heterocycles. The molecule has 146 valence electrons. The van der Waals surface area contributed by atoms with E-state index in [2.05, 4.69) is 44.3 Å². The minimum absolute atomic E-state index is 0.765. The van der Waals surface area contributed by atoms with Crippen LogP contribution in [0.2, 0.25) is 0 Å². The van der Waals surface area contributed by atoms with Crippen LogP contribution in [-0.2, 0) is 4.74 Å². The van der Waals surface area contributed by atoms with Gasteiger partial charge in [-0.05, 0) is 41.5 Å². The number of H-pyrrole nitrogens is 1. The summed E-state index contributed by atoms with van der Waals surface area (Å²) in [5.74, 6) is 0.790. The molecule has 2 aromatic heterocycles. The van der Waals surface area contributed by atoms with E-state index in [1.165, 1.54) is 5.69 Å². The van der Waals surface area contributed by atoms with Crippen molar-refractivity contribution in [3.63, 3.8) is 0 Å². The third-order valence-electron chi connectivity index (χ3n) is 5.38. The Morgan fingerprint density at radius 2 is 1.76 bits per heavy atom. The van der Waals surface area contributed by atoms with Gasteiger partial charge in [0.1, 0.15) is 11.4 Å². The van der Waals surface area contributed by atoms with E-state index >= 15 is 0 Å². The van der Waals surface area contributed by atoms with Crippen LogP contribution < -0.4 is 9.64 Å². The summed E-state index contributed by atoms with van der Waals surface area (Å²) in [5.41, 5.74) is 6.00. The van der Waals surface area contributed by atoms with Gasteiger partial charge in [-0.15, -0.1) is 0 Å². The molecule has 1 aliphatic heterocycles. The van der Waals surface area contributed by atoms with Crippen LogP contribution in [0.15, 0.2) is 60.8 Å². The molecule has 0 atom stereocenters. The van der Waals surface area contributed by atoms with Gasteiger partial charge in [-0.1, -0.05) is 24.3 Å². The van der Waals surface area contributed by atoms with Gasteiger partial charge < -0.3 is 14.4 Å². The number of anilines is 1. The SMILES string of the molecule is COc1ccccc1-c1n[nH]c2nccc(-c3ccc(N4CCOCC4)cc3)c12. The van der Waals surface area contributed by atoms with Gasteiger partial charge in [-0.3, -0.25) is 5.10 Å². The summed E-state index contributed by atoms with van der Waals surface area (Å²) in [7, 11) is 1.68. The van der Waals surface area contributed by atoms with E-state index in [0.717, 1.165) is 65.5 Å². The number of hydrogen-bond donors (Lipinski definition) is 1. The Kier molecular flexibility index (Phi) is 4.62. The minimum Gasteiger partial charge on any atom is -0.496 e. The smallest absolute Gasteiger partial charge is 0.156 e. The highest BCUT2D eigenvalue weighted by molar-refractivity contribution is 6.03. The fourth-order valence-electron chi connectivity index (χ4n) is 3.90. The minimum atomic E-state index is 0.765. The molecule has 0 bridgehead atoms. The van der Waals surface area contributed by atoms with Gasteiger partial charge >= 0.3 is 0 Å². The Morgan fingerprint density at radius 3 is 2.55 bits per heavy atom. The zero-order valence-corrected chi connectivity index (χ0v) is 16.3. The van der Waals surface area contributed by atoms with Crippen molar-refractivity contribution in [2.45, 2.75) is 0 Å². The quantitative estimate of drug-likeness (QED) is 0.571. The summed E-state index contributed by atoms with van der Waals surface area (Å²) < 4.78 is 11.0. The number of benzene rings is 2. The van der Waals surface area contributed by atoms with Crippen LogP contribution in [0.4, 0.5) is 5.69 Å². The van der Waals surface area contributed by atoms with Gasteiger partial charge in [0.15, 0.2) is 5.65 Å². The number of fused-ring (bicyclic) bond motifs is 1. The first-order chi connectivity index (χ1) is 14.3. The Morgan fingerprint density at radius 1 is 0.966 bits per heavy atom. The zero-order chi connectivity index (χ0) is 19.6. The van der Waals surface area contributed by atoms with Crippen molar-refractivity contribution in [1.29, 1.82) is 0 Å². The van der Waals surface area contributed by atoms with Crippen LogP contribution in [0.3, 0.4) is 0 Å². The average molecular weight is 386 g/mol. The molecule has 29 heavy (non-hydrogen) atoms. The number of para-hydroxylation sites is 1. The lowest BCUT2D eigenvalue weighted by molar-refractivity contribution is 0.122. The van der Waals surface area contributed by atoms with Crippen LogP contribution in [0.1, 0.15) is 0 Å². The largest absolute Gasteiger partial charge is 0.496 e. The van der Waals surface area contributed by atoms with Crippen molar-refractivity contribution < 1.29 is 9.47 Å². The molecule has 6 heteroatoms. The third kappa shape index (κ3) is 3.21. The lowest BCUT2D eigenvalue weighted by Crippen LogP contribution is -2.36. The molecule has 4 aromatic rings. The van der Waals surface area contributed by atoms with E-state index in [9.17, 15) is 0 Å². The van der Waals surface area contributed by atoms with Gasteiger partial charge in [0.2, 0.25) is 0 Å². The van der Waals surface area contributed by atoms with Crippen molar-refractivity contribution >= 4 is 16.7 Å². The topological polar surface area (TPSA) is 63.3 Å². The number of pyridine rings is 1. The number of nitrogens with zero attached hydrogens (tertiary/aromatic N) is 3. The Bertz CT molecular complexity index is 1130. The van der Waals surface area contributed by atoms with Crippen molar-refractivity contribution in [3.05, 3.63) is 60.8 Å². The summed E-state index contributed by atoms with van der Waals surface area (Å²) in [6.45, 7) is 3.42. The van der Waals surface area contributed by atoms with E-state index in [1.807, 2.05) is 36.5 Å². The second-order valence-electron chi connectivity index (χ2n) is 7.00. The fraction of sp³-hybridized carbons (Fsp3) is 0.217. The lowest BCUT2D eigenvalue weighted by Gasteiger charge is -2.28. The maximum atomic E-state index is 5.56. The molecule has 2 aromatic carbocycles. The molecule has 0 amide bonds. The Labute approximate surface area is 169 Å². The summed E-state index contributed by atoms with van der Waals surface area (Å²) in [6.07, 6.45) is 1.82. The summed E-state index contributed by atoms with van der Waals surface area (Å²) in [5, 5.41) is 8.63. The predicted octanol–water partition coefficient (Wildman–Crippen LogP) is 4.14. The summed E-state index contributed by atoms with van der Waals surface area (Å²) in [4.78, 5) is 6.83. The molecule has 0 saturated carbocycles. The van der Waals surface area contributed by atoms with Crippen molar-refractivity contribution in [1.82, 2.24) is 15.2 Å². The first kappa shape index (κ1) is 17.7. The molecular formula is C23H22N4O2. The number of nitrogens with one attached hydrogen (secondary N) is 1. The van der Waals surface area contributed by atoms with Gasteiger partial charge in [-0.2, -0.15) is 5.10 Å². The maximum Gasteiger partial charge on any atom is 0.156 e. The number of hydrogen-bond acceptors (Lipinski definition) is 5. The standard InChI is InChI=1S/C23H22N4O2/c1-28-20-5-3-2-4-19(20)22-21-18(10-11-24-23(21)26-25-22)16-6-8-17(9-7-16)27-12-14-29-15-13-27/h2-11H,12-15H2,1H3,(H,24,25,26). The number of ether oxygens (including phenoxy) is 2. The number of rotatable bonds is 4. The molecule has 5 rings (SSSR count). The molecule has 0 aliphatic carbocycles. The first-order valence-electron chi connectivity index (χ1n) is 9.75. The summed E-state index contributed by atoms with van der Waals surface area (Å²) in [6, 6.07) is 18.6. The second kappa shape index (κ2) is 7.56. The Balaban J connectivity index is 1.59. The van der Waals surface area contributed by atoms with E-state index in [1.54, 1.807) is 7.11 Å². The van der Waals surface area contributed by atoms with E-state index in [4.69, 9.17) is 9.47 Å². The molecule has 0 spiro atoms. The number of aromatic amines is 1. The van der Waals surface area contributed by atoms with Crippen molar-refractivity contribution in [3.8, 4) is 28.1 Å². The van der Waals surface area contributed by atoms with Gasteiger partial charge in [0, 0.05) is 30.5 Å². The first-order valence-corrected chi connectivity index (χ1v) is 9.75. The predicted molar refractivity (Wildman–Crippen MR) is 114 cm³/mol. The zero-order valence-electron chi connectivity index (χ0n) is 16.3. The summed E-state index contributed by atoms with van der Waals surface area (Å²) >= 11 is 0. The van der Waals surface area contributed by atoms with E-state index in [0.29, 0.717) is 0 Å². The average Bonchev–Trinajstić information content (AvgIpc) is 3.24. The lowest BCUT2D eigenvalue weighted by atomic mass is 9.99. The monoisotopic (exact) mass is 386 g/mol. The molecule has 3 heterocycles. The van der Waals surface area contributed by atoms with Crippen LogP contribution in [0.25, 0.3) is 33.4 Å². The number of aromatic nitrogens is 3. The third-order valence-corrected chi connectivity index (χ3v) is 5.38. The maximum absolute atomic E-state index is 5.56. The van der Waals surface area contributed by atoms with Crippen molar-refractivity contribution in [2.24, 2.45) is 0 Å². The molecule has 1 N–H and O–H groups in total. The van der Waals surface area contributed by atoms with Gasteiger partial charge in [0.05, 0.1) is 25.7 Å². The molecule has 1 fully saturated rings. The highest BCUT2D eigenvalue weighted by atomic mass is 16.5. The number of morpholine rings is 1. The Hall–Kier alpha value is -3.38. The molecule has 1 aliphatic rings. The van der Waals surface area contributed by atoms with E-state index in [-0.39, 0.29) is 0 Å². The highest BCUT2D eigenvalue weighted by Crippen LogP contribution is 2.38. The normalized spacial score (nSPS) is 14.3. The molecule has 0 unspecified atom stereocenters. The molecule has 0 radical (unpaired) electrons. The number of methoxy groups -OCH3 is 1. The van der Waals surface area contributed by atoms with Crippen LogP contribution >= 0.6 is 0 Å². The van der Waals surface area contributed by atoms with Crippen LogP contribution in [0, 0.1) is 0 Å². The molecular weight excluding hydrogens is 364 g/mol. The van der Waals surface area contributed by atoms with Crippen LogP contribution in [-0.4, -0.2) is 48.6 Å². The molecule has 6 nitrogen and oxygen atoms in total. The second-order valence-corrected chi connectivity index (χ2v) is 7.00.